The first-order valence-electron chi connectivity index (χ1n) is 10.5. The molecule has 1 amide bonds. The SMILES string of the molecule is COc1ccc(/C(O)=C2/C(=O)C(=O)N(C3CCCCC3)C2c2sccc2C)cc1OC. The molecule has 0 spiro atoms. The van der Waals surface area contributed by atoms with E-state index in [2.05, 4.69) is 0 Å². The van der Waals surface area contributed by atoms with Gasteiger partial charge in [0.05, 0.1) is 19.8 Å². The number of hydrogen-bond donors (Lipinski definition) is 1. The van der Waals surface area contributed by atoms with E-state index in [1.807, 2.05) is 18.4 Å². The van der Waals surface area contributed by atoms with Crippen LogP contribution in [0.4, 0.5) is 0 Å². The van der Waals surface area contributed by atoms with Gasteiger partial charge in [-0.25, -0.2) is 0 Å². The molecule has 4 rings (SSSR count). The highest BCUT2D eigenvalue weighted by Gasteiger charge is 2.49. The molecule has 1 unspecified atom stereocenters. The lowest BCUT2D eigenvalue weighted by molar-refractivity contribution is -0.141. The van der Waals surface area contributed by atoms with Crippen LogP contribution in [0.2, 0.25) is 0 Å². The number of likely N-dealkylation sites (tertiary alicyclic amines) is 1. The van der Waals surface area contributed by atoms with E-state index in [9.17, 15) is 14.7 Å². The van der Waals surface area contributed by atoms with Gasteiger partial charge in [-0.3, -0.25) is 9.59 Å². The van der Waals surface area contributed by atoms with Crippen molar-refractivity contribution in [3.05, 3.63) is 51.2 Å². The zero-order chi connectivity index (χ0) is 22.1. The second-order valence-electron chi connectivity index (χ2n) is 8.04. The minimum Gasteiger partial charge on any atom is -0.507 e. The molecule has 1 aliphatic carbocycles. The van der Waals surface area contributed by atoms with E-state index >= 15 is 0 Å². The normalized spacial score (nSPS) is 21.5. The molecule has 31 heavy (non-hydrogen) atoms. The summed E-state index contributed by atoms with van der Waals surface area (Å²) in [5.74, 6) is -0.373. The number of aliphatic hydroxyl groups is 1. The van der Waals surface area contributed by atoms with Crippen LogP contribution in [0.5, 0.6) is 11.5 Å². The van der Waals surface area contributed by atoms with E-state index in [0.29, 0.717) is 17.1 Å². The lowest BCUT2D eigenvalue weighted by Crippen LogP contribution is -2.40. The maximum atomic E-state index is 13.2. The van der Waals surface area contributed by atoms with Gasteiger partial charge in [-0.15, -0.1) is 11.3 Å². The van der Waals surface area contributed by atoms with E-state index in [1.165, 1.54) is 25.6 Å². The Morgan fingerprint density at radius 3 is 2.39 bits per heavy atom. The van der Waals surface area contributed by atoms with Crippen LogP contribution in [-0.4, -0.2) is 42.0 Å². The lowest BCUT2D eigenvalue weighted by Gasteiger charge is -2.35. The van der Waals surface area contributed by atoms with Crippen molar-refractivity contribution in [3.8, 4) is 11.5 Å². The summed E-state index contributed by atoms with van der Waals surface area (Å²) in [5, 5.41) is 13.2. The number of nitrogens with zero attached hydrogens (tertiary/aromatic N) is 1. The van der Waals surface area contributed by atoms with E-state index in [0.717, 1.165) is 42.5 Å². The first-order chi connectivity index (χ1) is 15.0. The van der Waals surface area contributed by atoms with Crippen LogP contribution in [0, 0.1) is 6.92 Å². The van der Waals surface area contributed by atoms with Crippen molar-refractivity contribution in [3.63, 3.8) is 0 Å². The Morgan fingerprint density at radius 1 is 1.06 bits per heavy atom. The Bertz CT molecular complexity index is 1030. The number of ketones is 1. The molecule has 0 bridgehead atoms. The molecule has 2 aromatic rings. The van der Waals surface area contributed by atoms with Gasteiger partial charge in [0, 0.05) is 16.5 Å². The highest BCUT2D eigenvalue weighted by Crippen LogP contribution is 2.46. The third kappa shape index (κ3) is 3.71. The van der Waals surface area contributed by atoms with E-state index in [4.69, 9.17) is 9.47 Å². The quantitative estimate of drug-likeness (QED) is 0.409. The summed E-state index contributed by atoms with van der Waals surface area (Å²) in [5.41, 5.74) is 1.57. The Labute approximate surface area is 186 Å². The number of thiophene rings is 1. The van der Waals surface area contributed by atoms with Gasteiger partial charge >= 0.3 is 0 Å². The van der Waals surface area contributed by atoms with Gasteiger partial charge < -0.3 is 19.5 Å². The van der Waals surface area contributed by atoms with Gasteiger partial charge in [0.2, 0.25) is 0 Å². The molecule has 2 heterocycles. The number of ether oxygens (including phenoxy) is 2. The maximum absolute atomic E-state index is 13.2. The van der Waals surface area contributed by atoms with Crippen LogP contribution in [0.25, 0.3) is 5.76 Å². The smallest absolute Gasteiger partial charge is 0.295 e. The van der Waals surface area contributed by atoms with Crippen LogP contribution in [-0.2, 0) is 9.59 Å². The summed E-state index contributed by atoms with van der Waals surface area (Å²) in [6.45, 7) is 1.98. The van der Waals surface area contributed by atoms with Crippen molar-refractivity contribution in [2.24, 2.45) is 0 Å². The van der Waals surface area contributed by atoms with Gasteiger partial charge in [-0.2, -0.15) is 0 Å². The Hall–Kier alpha value is -2.80. The molecular weight excluding hydrogens is 414 g/mol. The number of benzene rings is 1. The topological polar surface area (TPSA) is 76.1 Å². The first-order valence-corrected chi connectivity index (χ1v) is 11.4. The van der Waals surface area contributed by atoms with Crippen LogP contribution < -0.4 is 9.47 Å². The fourth-order valence-electron chi connectivity index (χ4n) is 4.65. The zero-order valence-corrected chi connectivity index (χ0v) is 18.8. The molecule has 164 valence electrons. The molecule has 2 fully saturated rings. The Kier molecular flexibility index (Phi) is 6.05. The van der Waals surface area contributed by atoms with Crippen LogP contribution in [0.15, 0.2) is 35.2 Å². The van der Waals surface area contributed by atoms with Crippen molar-refractivity contribution in [1.82, 2.24) is 4.90 Å². The summed E-state index contributed by atoms with van der Waals surface area (Å²) in [6, 6.07) is 6.39. The number of carbonyl (C=O) groups excluding carboxylic acids is 2. The number of hydrogen-bond acceptors (Lipinski definition) is 6. The maximum Gasteiger partial charge on any atom is 0.295 e. The van der Waals surface area contributed by atoms with E-state index in [-0.39, 0.29) is 17.4 Å². The van der Waals surface area contributed by atoms with Crippen LogP contribution in [0.1, 0.15) is 54.1 Å². The molecule has 2 aliphatic rings. The molecule has 1 aromatic carbocycles. The summed E-state index contributed by atoms with van der Waals surface area (Å²) in [7, 11) is 3.05. The Morgan fingerprint density at radius 2 is 1.77 bits per heavy atom. The summed E-state index contributed by atoms with van der Waals surface area (Å²) >= 11 is 1.51. The third-order valence-corrected chi connectivity index (χ3v) is 7.33. The highest BCUT2D eigenvalue weighted by atomic mass is 32.1. The van der Waals surface area contributed by atoms with Gasteiger partial charge in [-0.05, 0) is 55.0 Å². The van der Waals surface area contributed by atoms with Crippen molar-refractivity contribution >= 4 is 28.8 Å². The van der Waals surface area contributed by atoms with Gasteiger partial charge in [0.25, 0.3) is 11.7 Å². The molecule has 6 nitrogen and oxygen atoms in total. The summed E-state index contributed by atoms with van der Waals surface area (Å²) in [4.78, 5) is 29.0. The Balaban J connectivity index is 1.87. The van der Waals surface area contributed by atoms with Gasteiger partial charge in [-0.1, -0.05) is 19.3 Å². The molecule has 1 aromatic heterocycles. The predicted octanol–water partition coefficient (Wildman–Crippen LogP) is 4.83. The van der Waals surface area contributed by atoms with Crippen LogP contribution in [0.3, 0.4) is 0 Å². The lowest BCUT2D eigenvalue weighted by atomic mass is 9.92. The molecule has 7 heteroatoms. The summed E-state index contributed by atoms with van der Waals surface area (Å²) < 4.78 is 10.6. The van der Waals surface area contributed by atoms with Crippen LogP contribution >= 0.6 is 11.3 Å². The number of Topliss-reactive ketones (excluding diaryl/α,β-unsaturated/α-hetero) is 1. The average molecular weight is 442 g/mol. The predicted molar refractivity (Wildman–Crippen MR) is 120 cm³/mol. The number of amides is 1. The largest absolute Gasteiger partial charge is 0.507 e. The van der Waals surface area contributed by atoms with Crippen molar-refractivity contribution < 1.29 is 24.2 Å². The number of rotatable bonds is 5. The molecular formula is C24H27NO5S. The standard InChI is InChI=1S/C24H27NO5S/c1-14-11-12-31-23(14)20-19(21(26)15-9-10-17(29-2)18(13-15)30-3)22(27)24(28)25(20)16-7-5-4-6-8-16/h9-13,16,20,26H,4-8H2,1-3H3/b21-19-. The minimum absolute atomic E-state index is 0.00686. The average Bonchev–Trinajstić information content (AvgIpc) is 3.33. The minimum atomic E-state index is -0.629. The number of aliphatic hydroxyl groups excluding tert-OH is 1. The van der Waals surface area contributed by atoms with Crippen molar-refractivity contribution in [2.45, 2.75) is 51.1 Å². The fraction of sp³-hybridized carbons (Fsp3) is 0.417. The number of methoxy groups -OCH3 is 2. The molecule has 1 saturated carbocycles. The van der Waals surface area contributed by atoms with Crippen molar-refractivity contribution in [1.29, 1.82) is 0 Å². The van der Waals surface area contributed by atoms with E-state index < -0.39 is 17.7 Å². The zero-order valence-electron chi connectivity index (χ0n) is 18.0. The number of aryl methyl sites for hydroxylation is 1. The molecule has 1 aliphatic heterocycles. The summed E-state index contributed by atoms with van der Waals surface area (Å²) in [6.07, 6.45) is 4.99. The first kappa shape index (κ1) is 21.4. The second-order valence-corrected chi connectivity index (χ2v) is 8.98. The second kappa shape index (κ2) is 8.75. The molecule has 1 atom stereocenters. The fourth-order valence-corrected chi connectivity index (χ4v) is 5.68. The monoisotopic (exact) mass is 441 g/mol. The molecule has 0 radical (unpaired) electrons. The van der Waals surface area contributed by atoms with E-state index in [1.54, 1.807) is 23.1 Å². The third-order valence-electron chi connectivity index (χ3n) is 6.26. The van der Waals surface area contributed by atoms with Gasteiger partial charge in [0.15, 0.2) is 11.5 Å². The van der Waals surface area contributed by atoms with Gasteiger partial charge in [0.1, 0.15) is 11.8 Å². The molecule has 1 saturated heterocycles. The number of carbonyl (C=O) groups is 2. The highest BCUT2D eigenvalue weighted by molar-refractivity contribution is 7.10. The van der Waals surface area contributed by atoms with Crippen molar-refractivity contribution in [2.75, 3.05) is 14.2 Å². The molecule has 1 N–H and O–H groups in total.